The Hall–Kier alpha value is -3.00. The SMILES string of the molecule is Cc1ccc(C(N)=O)c2nc(-c3nc(CO)ncc3O)oc12. The van der Waals surface area contributed by atoms with E-state index in [1.807, 2.05) is 0 Å². The monoisotopic (exact) mass is 300 g/mol. The second-order valence-electron chi connectivity index (χ2n) is 4.67. The van der Waals surface area contributed by atoms with E-state index in [1.54, 1.807) is 19.1 Å². The van der Waals surface area contributed by atoms with Crippen LogP contribution in [0, 0.1) is 6.92 Å². The quantitative estimate of drug-likeness (QED) is 0.653. The summed E-state index contributed by atoms with van der Waals surface area (Å²) < 4.78 is 5.61. The maximum Gasteiger partial charge on any atom is 0.251 e. The molecule has 3 rings (SSSR count). The summed E-state index contributed by atoms with van der Waals surface area (Å²) in [5, 5.41) is 18.9. The van der Waals surface area contributed by atoms with Crippen LogP contribution in [0.25, 0.3) is 22.7 Å². The summed E-state index contributed by atoms with van der Waals surface area (Å²) in [5.41, 5.74) is 7.01. The number of carbonyl (C=O) groups excluding carboxylic acids is 1. The number of amides is 1. The second kappa shape index (κ2) is 5.08. The molecule has 2 heterocycles. The molecule has 0 aliphatic rings. The summed E-state index contributed by atoms with van der Waals surface area (Å²) in [6, 6.07) is 3.25. The van der Waals surface area contributed by atoms with Crippen LogP contribution in [0.4, 0.5) is 0 Å². The van der Waals surface area contributed by atoms with E-state index in [0.717, 1.165) is 11.8 Å². The molecule has 1 amide bonds. The molecule has 0 radical (unpaired) electrons. The van der Waals surface area contributed by atoms with E-state index < -0.39 is 5.91 Å². The molecule has 0 fully saturated rings. The molecule has 0 aliphatic heterocycles. The van der Waals surface area contributed by atoms with Crippen molar-refractivity contribution in [3.8, 4) is 17.3 Å². The van der Waals surface area contributed by atoms with Crippen LogP contribution in [0.3, 0.4) is 0 Å². The molecule has 1 aromatic carbocycles. The molecule has 0 unspecified atom stereocenters. The van der Waals surface area contributed by atoms with Crippen molar-refractivity contribution in [2.24, 2.45) is 5.73 Å². The fourth-order valence-electron chi connectivity index (χ4n) is 2.08. The summed E-state index contributed by atoms with van der Waals surface area (Å²) in [6.07, 6.45) is 1.14. The van der Waals surface area contributed by atoms with Gasteiger partial charge in [0.25, 0.3) is 5.91 Å². The van der Waals surface area contributed by atoms with E-state index in [4.69, 9.17) is 15.3 Å². The Morgan fingerprint density at radius 1 is 1.36 bits per heavy atom. The van der Waals surface area contributed by atoms with Gasteiger partial charge < -0.3 is 20.4 Å². The fraction of sp³-hybridized carbons (Fsp3) is 0.143. The highest BCUT2D eigenvalue weighted by Crippen LogP contribution is 2.31. The number of fused-ring (bicyclic) bond motifs is 1. The van der Waals surface area contributed by atoms with E-state index in [1.165, 1.54) is 0 Å². The lowest BCUT2D eigenvalue weighted by Crippen LogP contribution is -2.11. The average molecular weight is 300 g/mol. The third kappa shape index (κ3) is 2.15. The summed E-state index contributed by atoms with van der Waals surface area (Å²) in [7, 11) is 0. The Morgan fingerprint density at radius 3 is 2.82 bits per heavy atom. The summed E-state index contributed by atoms with van der Waals surface area (Å²) in [4.78, 5) is 23.4. The maximum absolute atomic E-state index is 11.5. The maximum atomic E-state index is 11.5. The minimum atomic E-state index is -0.632. The van der Waals surface area contributed by atoms with Gasteiger partial charge >= 0.3 is 0 Å². The number of benzene rings is 1. The molecule has 0 aliphatic carbocycles. The van der Waals surface area contributed by atoms with Crippen molar-refractivity contribution in [1.82, 2.24) is 15.0 Å². The lowest BCUT2D eigenvalue weighted by atomic mass is 10.1. The minimum absolute atomic E-state index is 0.0152. The number of carbonyl (C=O) groups is 1. The molecule has 0 saturated heterocycles. The molecule has 22 heavy (non-hydrogen) atoms. The largest absolute Gasteiger partial charge is 0.504 e. The van der Waals surface area contributed by atoms with Crippen molar-refractivity contribution < 1.29 is 19.4 Å². The Bertz CT molecular complexity index is 888. The number of rotatable bonds is 3. The van der Waals surface area contributed by atoms with Gasteiger partial charge in [-0.25, -0.2) is 15.0 Å². The van der Waals surface area contributed by atoms with E-state index in [2.05, 4.69) is 15.0 Å². The van der Waals surface area contributed by atoms with Gasteiger partial charge in [-0.2, -0.15) is 0 Å². The molecule has 3 aromatic rings. The lowest BCUT2D eigenvalue weighted by Gasteiger charge is -2.00. The minimum Gasteiger partial charge on any atom is -0.504 e. The first-order chi connectivity index (χ1) is 10.5. The highest BCUT2D eigenvalue weighted by molar-refractivity contribution is 6.04. The van der Waals surface area contributed by atoms with Gasteiger partial charge in [-0.1, -0.05) is 6.07 Å². The molecule has 8 heteroatoms. The number of nitrogens with zero attached hydrogens (tertiary/aromatic N) is 3. The molecule has 0 spiro atoms. The number of aliphatic hydroxyl groups is 1. The highest BCUT2D eigenvalue weighted by atomic mass is 16.4. The lowest BCUT2D eigenvalue weighted by molar-refractivity contribution is 0.100. The molecule has 0 atom stereocenters. The number of aryl methyl sites for hydroxylation is 1. The van der Waals surface area contributed by atoms with Crippen LogP contribution in [0.2, 0.25) is 0 Å². The fourth-order valence-corrected chi connectivity index (χ4v) is 2.08. The van der Waals surface area contributed by atoms with Gasteiger partial charge in [0, 0.05) is 0 Å². The van der Waals surface area contributed by atoms with Crippen molar-refractivity contribution >= 4 is 17.0 Å². The number of nitrogens with two attached hydrogens (primary N) is 1. The van der Waals surface area contributed by atoms with Crippen LogP contribution in [-0.4, -0.2) is 31.1 Å². The second-order valence-corrected chi connectivity index (χ2v) is 4.67. The number of aromatic nitrogens is 3. The average Bonchev–Trinajstić information content (AvgIpc) is 2.93. The van der Waals surface area contributed by atoms with Gasteiger partial charge in [0.1, 0.15) is 12.1 Å². The standard InChI is InChI=1S/C14H12N4O4/c1-6-2-3-7(13(15)21)10-12(6)22-14(18-10)11-8(20)4-16-9(5-19)17-11/h2-4,19-20H,5H2,1H3,(H2,15,21). The zero-order chi connectivity index (χ0) is 15.9. The van der Waals surface area contributed by atoms with Crippen molar-refractivity contribution in [3.63, 3.8) is 0 Å². The van der Waals surface area contributed by atoms with Crippen LogP contribution in [0.5, 0.6) is 5.75 Å². The Labute approximate surface area is 124 Å². The first kappa shape index (κ1) is 14.0. The van der Waals surface area contributed by atoms with Crippen molar-refractivity contribution in [2.75, 3.05) is 0 Å². The summed E-state index contributed by atoms with van der Waals surface area (Å²) in [6.45, 7) is 1.40. The first-order valence-corrected chi connectivity index (χ1v) is 6.37. The molecule has 8 nitrogen and oxygen atoms in total. The van der Waals surface area contributed by atoms with Gasteiger partial charge in [-0.05, 0) is 18.6 Å². The summed E-state index contributed by atoms with van der Waals surface area (Å²) in [5.74, 6) is -0.752. The van der Waals surface area contributed by atoms with Gasteiger partial charge in [0.15, 0.2) is 22.9 Å². The van der Waals surface area contributed by atoms with Gasteiger partial charge in [-0.3, -0.25) is 4.79 Å². The Morgan fingerprint density at radius 2 is 2.14 bits per heavy atom. The number of aromatic hydroxyl groups is 1. The van der Waals surface area contributed by atoms with Crippen molar-refractivity contribution in [3.05, 3.63) is 35.3 Å². The van der Waals surface area contributed by atoms with E-state index in [-0.39, 0.29) is 35.3 Å². The normalized spacial score (nSPS) is 11.0. The first-order valence-electron chi connectivity index (χ1n) is 6.37. The van der Waals surface area contributed by atoms with Crippen molar-refractivity contribution in [2.45, 2.75) is 13.5 Å². The van der Waals surface area contributed by atoms with E-state index in [9.17, 15) is 9.90 Å². The number of hydrogen-bond donors (Lipinski definition) is 3. The molecule has 2 aromatic heterocycles. The van der Waals surface area contributed by atoms with Crippen LogP contribution in [-0.2, 0) is 6.61 Å². The third-order valence-corrected chi connectivity index (χ3v) is 3.17. The van der Waals surface area contributed by atoms with Crippen LogP contribution < -0.4 is 5.73 Å². The molecule has 4 N–H and O–H groups in total. The zero-order valence-electron chi connectivity index (χ0n) is 11.6. The highest BCUT2D eigenvalue weighted by Gasteiger charge is 2.19. The van der Waals surface area contributed by atoms with Crippen LogP contribution in [0.1, 0.15) is 21.7 Å². The van der Waals surface area contributed by atoms with E-state index in [0.29, 0.717) is 11.1 Å². The van der Waals surface area contributed by atoms with Crippen LogP contribution >= 0.6 is 0 Å². The zero-order valence-corrected chi connectivity index (χ0v) is 11.6. The topological polar surface area (TPSA) is 135 Å². The van der Waals surface area contributed by atoms with Gasteiger partial charge in [-0.15, -0.1) is 0 Å². The number of primary amides is 1. The molecule has 0 saturated carbocycles. The molecular formula is C14H12N4O4. The third-order valence-electron chi connectivity index (χ3n) is 3.17. The van der Waals surface area contributed by atoms with Gasteiger partial charge in [0.2, 0.25) is 5.89 Å². The Balaban J connectivity index is 2.27. The number of hydrogen-bond acceptors (Lipinski definition) is 7. The smallest absolute Gasteiger partial charge is 0.251 e. The molecule has 112 valence electrons. The molecule has 0 bridgehead atoms. The van der Waals surface area contributed by atoms with Gasteiger partial charge in [0.05, 0.1) is 11.8 Å². The summed E-state index contributed by atoms with van der Waals surface area (Å²) >= 11 is 0. The van der Waals surface area contributed by atoms with E-state index >= 15 is 0 Å². The molecular weight excluding hydrogens is 288 g/mol. The number of oxazole rings is 1. The predicted molar refractivity (Wildman–Crippen MR) is 75.9 cm³/mol. The predicted octanol–water partition coefficient (Wildman–Crippen LogP) is 0.890. The van der Waals surface area contributed by atoms with Crippen molar-refractivity contribution in [1.29, 1.82) is 0 Å². The van der Waals surface area contributed by atoms with Crippen LogP contribution in [0.15, 0.2) is 22.7 Å². The number of aliphatic hydroxyl groups excluding tert-OH is 1. The Kier molecular flexibility index (Phi) is 3.22.